The Morgan fingerprint density at radius 1 is 0.571 bits per heavy atom. The van der Waals surface area contributed by atoms with E-state index in [2.05, 4.69) is 31.9 Å². The molecule has 0 radical (unpaired) electrons. The lowest BCUT2D eigenvalue weighted by Gasteiger charge is -2.54. The fraction of sp³-hybridized carbons (Fsp3) is 0.545. The van der Waals surface area contributed by atoms with Crippen LogP contribution in [0.3, 0.4) is 0 Å². The number of hydrogen-bond donors (Lipinski definition) is 0. The van der Waals surface area contributed by atoms with Gasteiger partial charge >= 0.3 is 24.1 Å². The molecule has 0 amide bonds. The molecule has 0 unspecified atom stereocenters. The number of ether oxygens (including phenoxy) is 4. The van der Waals surface area contributed by atoms with Gasteiger partial charge in [0.25, 0.3) is 0 Å². The number of hydrogen-bond acceptors (Lipinski definition) is 12. The smallest absolute Gasteiger partial charge is 0.418 e. The molecule has 6 fully saturated rings. The maximum atomic E-state index is 14.1. The minimum atomic E-state index is -2.60. The first-order chi connectivity index (χ1) is 39.6. The van der Waals surface area contributed by atoms with Gasteiger partial charge in [-0.2, -0.15) is 0 Å². The summed E-state index contributed by atoms with van der Waals surface area (Å²) < 4.78 is 80.8. The van der Waals surface area contributed by atoms with Gasteiger partial charge in [-0.05, 0) is 211 Å². The van der Waals surface area contributed by atoms with Crippen LogP contribution < -0.4 is 0 Å². The Balaban J connectivity index is 0.000000175. The van der Waals surface area contributed by atoms with Crippen molar-refractivity contribution in [3.05, 3.63) is 129 Å². The summed E-state index contributed by atoms with van der Waals surface area (Å²) >= 11 is 0. The van der Waals surface area contributed by atoms with Crippen LogP contribution in [0.5, 0.6) is 0 Å². The van der Waals surface area contributed by atoms with Gasteiger partial charge in [0.05, 0.1) is 25.3 Å². The number of methoxy groups -OCH3 is 2. The standard InChI is InChI=1S/2C33H39F2N3O4/c2*1-20-14-24(21-6-7-21)25(23-10-12-38(28(20)23)30(40)42-31(2,3)4)17-37-13-11-32(18-33(34,35)19-32)15-27(37)22-8-9-26(36-16-22)29(39)41-5/h2*8-10,12,14,16,21,27H,6-7,11,13,15,17-19H2,1-5H3/t2*27-/m11/s1. The van der Waals surface area contributed by atoms with E-state index in [1.807, 2.05) is 79.7 Å². The molecule has 12 rings (SSSR count). The quantitative estimate of drug-likeness (QED) is 0.0730. The molecule has 4 saturated carbocycles. The van der Waals surface area contributed by atoms with Gasteiger partial charge in [-0.25, -0.2) is 46.7 Å². The van der Waals surface area contributed by atoms with Crippen molar-refractivity contribution >= 4 is 45.9 Å². The highest BCUT2D eigenvalue weighted by atomic mass is 19.3. The van der Waals surface area contributed by atoms with E-state index in [1.54, 1.807) is 46.1 Å². The fourth-order valence-corrected chi connectivity index (χ4v) is 14.2. The van der Waals surface area contributed by atoms with E-state index in [1.165, 1.54) is 36.5 Å². The fourth-order valence-electron chi connectivity index (χ4n) is 14.2. The van der Waals surface area contributed by atoms with E-state index in [9.17, 15) is 36.7 Å². The average molecular weight is 1160 g/mol. The van der Waals surface area contributed by atoms with Crippen LogP contribution in [-0.4, -0.2) is 103 Å². The number of pyridine rings is 2. The number of carbonyl (C=O) groups excluding carboxylic acids is 4. The molecule has 18 heteroatoms. The van der Waals surface area contributed by atoms with Gasteiger partial charge < -0.3 is 18.9 Å². The van der Waals surface area contributed by atoms with Crippen molar-refractivity contribution in [1.82, 2.24) is 28.9 Å². The second-order valence-electron chi connectivity index (χ2n) is 27.2. The number of fused-ring (bicyclic) bond motifs is 2. The van der Waals surface area contributed by atoms with Crippen molar-refractivity contribution < 1.29 is 55.7 Å². The molecule has 2 spiro atoms. The molecular weight excluding hydrogens is 1080 g/mol. The SMILES string of the molecule is COC(=O)c1ccc([C@H]2CC3(CCN2Cc2c(C4CC4)cc(C)c4c2ccn4C(=O)OC(C)(C)C)CC(F)(F)C3)cn1.COC(=O)c1ccc([C@H]2CC3(CCN2Cc2c(C4CC4)cc(C)c4c2ccn4C(=O)OC(C)(C)C)CC(F)(F)C3)cn1. The minimum absolute atomic E-state index is 0.0845. The molecule has 2 aliphatic heterocycles. The molecule has 2 saturated heterocycles. The summed E-state index contributed by atoms with van der Waals surface area (Å²) in [7, 11) is 2.63. The maximum absolute atomic E-state index is 14.1. The topological polar surface area (TPSA) is 147 Å². The highest BCUT2D eigenvalue weighted by Crippen LogP contribution is 2.62. The largest absolute Gasteiger partial charge is 0.464 e. The molecule has 448 valence electrons. The third kappa shape index (κ3) is 12.1. The van der Waals surface area contributed by atoms with Crippen LogP contribution in [0.4, 0.5) is 27.2 Å². The summed E-state index contributed by atoms with van der Waals surface area (Å²) in [6.45, 7) is 17.8. The molecule has 0 bridgehead atoms. The maximum Gasteiger partial charge on any atom is 0.418 e. The van der Waals surface area contributed by atoms with Gasteiger partial charge in [0.2, 0.25) is 11.8 Å². The monoisotopic (exact) mass is 1160 g/mol. The number of esters is 2. The Morgan fingerprint density at radius 3 is 1.24 bits per heavy atom. The Kier molecular flexibility index (Phi) is 15.3. The summed E-state index contributed by atoms with van der Waals surface area (Å²) in [5, 5.41) is 2.05. The van der Waals surface area contributed by atoms with Crippen LogP contribution in [-0.2, 0) is 32.0 Å². The number of nitrogens with zero attached hydrogens (tertiary/aromatic N) is 6. The van der Waals surface area contributed by atoms with E-state index >= 15 is 0 Å². The number of rotatable bonds is 10. The molecule has 2 atom stereocenters. The third-order valence-electron chi connectivity index (χ3n) is 18.2. The molecule has 6 heterocycles. The summed E-state index contributed by atoms with van der Waals surface area (Å²) in [6, 6.07) is 15.2. The highest BCUT2D eigenvalue weighted by molar-refractivity contribution is 5.96. The second-order valence-corrected chi connectivity index (χ2v) is 27.2. The lowest BCUT2D eigenvalue weighted by Crippen LogP contribution is -2.53. The number of carbonyl (C=O) groups is 4. The van der Waals surface area contributed by atoms with Crippen molar-refractivity contribution in [3.63, 3.8) is 0 Å². The number of piperidine rings is 2. The zero-order valence-corrected chi connectivity index (χ0v) is 50.0. The number of alkyl halides is 4. The summed E-state index contributed by atoms with van der Waals surface area (Å²) in [5.41, 5.74) is 8.91. The summed E-state index contributed by atoms with van der Waals surface area (Å²) in [6.07, 6.45) is 12.9. The van der Waals surface area contributed by atoms with E-state index in [4.69, 9.17) is 18.9 Å². The number of halogens is 4. The first-order valence-corrected chi connectivity index (χ1v) is 29.6. The number of aryl methyl sites for hydroxylation is 2. The average Bonchev–Trinajstić information content (AvgIpc) is 2.19. The molecule has 6 aromatic rings. The normalized spacial score (nSPS) is 21.7. The van der Waals surface area contributed by atoms with Crippen LogP contribution in [0, 0.1) is 24.7 Å². The number of aromatic nitrogens is 4. The second kappa shape index (κ2) is 21.7. The van der Waals surface area contributed by atoms with E-state index in [-0.39, 0.29) is 49.2 Å². The Labute approximate surface area is 488 Å². The number of benzene rings is 2. The molecule has 14 nitrogen and oxygen atoms in total. The first-order valence-electron chi connectivity index (χ1n) is 29.6. The molecule has 4 aliphatic carbocycles. The first kappa shape index (κ1) is 59.1. The van der Waals surface area contributed by atoms with E-state index in [0.29, 0.717) is 63.7 Å². The zero-order chi connectivity index (χ0) is 60.1. The molecule has 0 N–H and O–H groups in total. The Bertz CT molecular complexity index is 3290. The van der Waals surface area contributed by atoms with Gasteiger partial charge in [-0.3, -0.25) is 18.9 Å². The predicted molar refractivity (Wildman–Crippen MR) is 310 cm³/mol. The summed E-state index contributed by atoms with van der Waals surface area (Å²) in [4.78, 5) is 63.8. The van der Waals surface area contributed by atoms with Crippen molar-refractivity contribution in [2.45, 2.75) is 192 Å². The predicted octanol–water partition coefficient (Wildman–Crippen LogP) is 15.1. The molecule has 2 aromatic carbocycles. The van der Waals surface area contributed by atoms with Crippen LogP contribution >= 0.6 is 0 Å². The van der Waals surface area contributed by atoms with Gasteiger partial charge in [0, 0.05) is 86.4 Å². The van der Waals surface area contributed by atoms with Crippen LogP contribution in [0.15, 0.2) is 73.3 Å². The lowest BCUT2D eigenvalue weighted by atomic mass is 9.59. The minimum Gasteiger partial charge on any atom is -0.464 e. The van der Waals surface area contributed by atoms with Crippen LogP contribution in [0.25, 0.3) is 21.8 Å². The molecule has 84 heavy (non-hydrogen) atoms. The molecular formula is C66H78F4N6O8. The van der Waals surface area contributed by atoms with E-state index in [0.717, 1.165) is 69.7 Å². The summed E-state index contributed by atoms with van der Waals surface area (Å²) in [5.74, 6) is -5.27. The van der Waals surface area contributed by atoms with Crippen molar-refractivity contribution in [2.75, 3.05) is 27.3 Å². The van der Waals surface area contributed by atoms with E-state index < -0.39 is 58.0 Å². The third-order valence-corrected chi connectivity index (χ3v) is 18.2. The van der Waals surface area contributed by atoms with Crippen LogP contribution in [0.2, 0.25) is 0 Å². The van der Waals surface area contributed by atoms with Gasteiger partial charge in [0.1, 0.15) is 22.6 Å². The Morgan fingerprint density at radius 2 is 0.940 bits per heavy atom. The van der Waals surface area contributed by atoms with Gasteiger partial charge in [-0.1, -0.05) is 24.3 Å². The van der Waals surface area contributed by atoms with Crippen molar-refractivity contribution in [3.8, 4) is 0 Å². The number of likely N-dealkylation sites (tertiary alicyclic amines) is 2. The Hall–Kier alpha value is -6.66. The zero-order valence-electron chi connectivity index (χ0n) is 50.0. The van der Waals surface area contributed by atoms with Crippen molar-refractivity contribution in [2.24, 2.45) is 10.8 Å². The highest BCUT2D eigenvalue weighted by Gasteiger charge is 2.60. The van der Waals surface area contributed by atoms with Gasteiger partial charge in [-0.15, -0.1) is 0 Å². The van der Waals surface area contributed by atoms with Gasteiger partial charge in [0.15, 0.2) is 0 Å². The molecule has 6 aliphatic rings. The molecule has 4 aromatic heterocycles. The lowest BCUT2D eigenvalue weighted by molar-refractivity contribution is -0.186. The van der Waals surface area contributed by atoms with Crippen LogP contribution in [0.1, 0.15) is 208 Å². The van der Waals surface area contributed by atoms with Crippen molar-refractivity contribution in [1.29, 1.82) is 0 Å².